The molecule has 0 atom stereocenters. The van der Waals surface area contributed by atoms with Crippen molar-refractivity contribution in [1.82, 2.24) is 0 Å². The van der Waals surface area contributed by atoms with E-state index in [1.165, 1.54) is 0 Å². The molecular weight excluding hydrogens is 132 g/mol. The second-order valence-electron chi connectivity index (χ2n) is 0.238. The van der Waals surface area contributed by atoms with E-state index in [-0.39, 0.29) is 19.8 Å². The van der Waals surface area contributed by atoms with Crippen LogP contribution in [0.4, 0.5) is 0 Å². The topological polar surface area (TPSA) is 63.4 Å². The molecule has 27 valence electrons. The van der Waals surface area contributed by atoms with Gasteiger partial charge in [0.2, 0.25) is 0 Å². The summed E-state index contributed by atoms with van der Waals surface area (Å²) >= 11 is 0. The van der Waals surface area contributed by atoms with Gasteiger partial charge in [-0.25, -0.2) is 0 Å². The molecule has 0 rings (SSSR count). The molecule has 0 aromatic rings. The maximum Gasteiger partial charge on any atom is 0.291 e. The SMILES string of the molecule is O=[N+]([O-])O.[Ga]. The van der Waals surface area contributed by atoms with Gasteiger partial charge in [0, 0.05) is 19.8 Å². The van der Waals surface area contributed by atoms with Crippen LogP contribution in [0.25, 0.3) is 0 Å². The molecule has 1 N–H and O–H groups in total. The van der Waals surface area contributed by atoms with Gasteiger partial charge >= 0.3 is 0 Å². The predicted octanol–water partition coefficient (Wildman–Crippen LogP) is -0.729. The fraction of sp³-hybridized carbons (Fsp3) is 0. The van der Waals surface area contributed by atoms with E-state index in [4.69, 9.17) is 15.3 Å². The van der Waals surface area contributed by atoms with Crippen LogP contribution in [0.3, 0.4) is 0 Å². The van der Waals surface area contributed by atoms with E-state index in [2.05, 4.69) is 0 Å². The van der Waals surface area contributed by atoms with Crippen LogP contribution in [0.15, 0.2) is 0 Å². The molecule has 0 fully saturated rings. The Morgan fingerprint density at radius 1 is 1.80 bits per heavy atom. The van der Waals surface area contributed by atoms with Gasteiger partial charge < -0.3 is 5.21 Å². The second-order valence-corrected chi connectivity index (χ2v) is 0.238. The third-order valence-corrected chi connectivity index (χ3v) is 0. The van der Waals surface area contributed by atoms with Gasteiger partial charge in [0.25, 0.3) is 5.09 Å². The molecule has 0 bridgehead atoms. The molecule has 0 aliphatic heterocycles. The zero-order valence-electron chi connectivity index (χ0n) is 2.29. The molecule has 0 aliphatic carbocycles. The molecule has 4 nitrogen and oxygen atoms in total. The molecule has 0 saturated heterocycles. The third kappa shape index (κ3) is 483. The van der Waals surface area contributed by atoms with Gasteiger partial charge in [-0.2, -0.15) is 0 Å². The van der Waals surface area contributed by atoms with Gasteiger partial charge in [-0.05, 0) is 0 Å². The van der Waals surface area contributed by atoms with E-state index in [1.54, 1.807) is 0 Å². The van der Waals surface area contributed by atoms with Crippen LogP contribution in [0.1, 0.15) is 0 Å². The first-order chi connectivity index (χ1) is 1.73. The summed E-state index contributed by atoms with van der Waals surface area (Å²) < 4.78 is 0. The average Bonchev–Trinajstić information content (AvgIpc) is 0.811. The summed E-state index contributed by atoms with van der Waals surface area (Å²) in [5.74, 6) is 0. The summed E-state index contributed by atoms with van der Waals surface area (Å²) in [5.41, 5.74) is 0. The molecule has 0 unspecified atom stereocenters. The van der Waals surface area contributed by atoms with Crippen molar-refractivity contribution in [3.8, 4) is 0 Å². The second kappa shape index (κ2) is 3.84. The zero-order valence-corrected chi connectivity index (χ0v) is 4.71. The Balaban J connectivity index is 0. The third-order valence-electron chi connectivity index (χ3n) is 0. The van der Waals surface area contributed by atoms with Gasteiger partial charge in [-0.1, -0.05) is 0 Å². The van der Waals surface area contributed by atoms with E-state index in [0.717, 1.165) is 0 Å². The summed E-state index contributed by atoms with van der Waals surface area (Å²) in [5, 5.41) is 13.6. The Morgan fingerprint density at radius 2 is 1.80 bits per heavy atom. The molecular formula is HGaNO3. The molecule has 0 aliphatic rings. The van der Waals surface area contributed by atoms with Crippen molar-refractivity contribution >= 4 is 19.8 Å². The first-order valence-electron chi connectivity index (χ1n) is 0.565. The van der Waals surface area contributed by atoms with Crippen LogP contribution < -0.4 is 0 Å². The Labute approximate surface area is 41.0 Å². The van der Waals surface area contributed by atoms with E-state index >= 15 is 0 Å². The van der Waals surface area contributed by atoms with E-state index in [0.29, 0.717) is 0 Å². The number of hydrogen-bond acceptors (Lipinski definition) is 2. The number of rotatable bonds is 0. The van der Waals surface area contributed by atoms with Gasteiger partial charge in [0.05, 0.1) is 0 Å². The molecule has 0 aromatic heterocycles. The predicted molar refractivity (Wildman–Crippen MR) is 14.5 cm³/mol. The smallest absolute Gasteiger partial charge is 0.291 e. The van der Waals surface area contributed by atoms with E-state index < -0.39 is 5.09 Å². The largest absolute Gasteiger partial charge is 0.328 e. The van der Waals surface area contributed by atoms with Gasteiger partial charge in [-0.3, -0.25) is 0 Å². The van der Waals surface area contributed by atoms with Crippen LogP contribution in [-0.2, 0) is 0 Å². The van der Waals surface area contributed by atoms with Gasteiger partial charge in [-0.15, -0.1) is 10.1 Å². The number of nitrogens with zero attached hydrogens (tertiary/aromatic N) is 1. The Bertz CT molecular complexity index is 29.9. The van der Waals surface area contributed by atoms with Crippen molar-refractivity contribution in [3.05, 3.63) is 10.1 Å². The van der Waals surface area contributed by atoms with Crippen molar-refractivity contribution in [2.24, 2.45) is 0 Å². The zero-order chi connectivity index (χ0) is 3.58. The monoisotopic (exact) mass is 132 g/mol. The van der Waals surface area contributed by atoms with Crippen molar-refractivity contribution in [2.45, 2.75) is 0 Å². The standard InChI is InChI=1S/Ga.HNO3/c;2-1(3)4/h;(H,2,3,4). The van der Waals surface area contributed by atoms with Gasteiger partial charge in [0.1, 0.15) is 0 Å². The fourth-order valence-electron chi connectivity index (χ4n) is 0. The molecule has 0 aromatic carbocycles. The number of hydrogen-bond donors (Lipinski definition) is 1. The molecule has 5 heavy (non-hydrogen) atoms. The summed E-state index contributed by atoms with van der Waals surface area (Å²) in [6.45, 7) is 0. The normalized spacial score (nSPS) is 4.80. The average molecular weight is 133 g/mol. The van der Waals surface area contributed by atoms with Crippen LogP contribution in [0, 0.1) is 10.1 Å². The minimum absolute atomic E-state index is 0. The van der Waals surface area contributed by atoms with Crippen molar-refractivity contribution in [2.75, 3.05) is 0 Å². The van der Waals surface area contributed by atoms with Crippen molar-refractivity contribution in [1.29, 1.82) is 0 Å². The van der Waals surface area contributed by atoms with Crippen LogP contribution in [0.2, 0.25) is 0 Å². The Hall–Kier alpha value is -0.164. The van der Waals surface area contributed by atoms with Crippen molar-refractivity contribution in [3.63, 3.8) is 0 Å². The molecule has 0 heterocycles. The van der Waals surface area contributed by atoms with Crippen LogP contribution in [0.5, 0.6) is 0 Å². The summed E-state index contributed by atoms with van der Waals surface area (Å²) in [4.78, 5) is 8.36. The minimum atomic E-state index is -1.50. The first-order valence-corrected chi connectivity index (χ1v) is 0.565. The quantitative estimate of drug-likeness (QED) is 0.269. The summed E-state index contributed by atoms with van der Waals surface area (Å²) in [6.07, 6.45) is 0. The first kappa shape index (κ1) is 8.85. The van der Waals surface area contributed by atoms with Crippen LogP contribution >= 0.6 is 0 Å². The van der Waals surface area contributed by atoms with E-state index in [9.17, 15) is 0 Å². The Morgan fingerprint density at radius 3 is 1.80 bits per heavy atom. The van der Waals surface area contributed by atoms with Gasteiger partial charge in [0.15, 0.2) is 0 Å². The molecule has 0 amide bonds. The molecule has 0 spiro atoms. The molecule has 5 heteroatoms. The molecule has 3 radical (unpaired) electrons. The maximum atomic E-state index is 8.36. The maximum absolute atomic E-state index is 8.36. The molecule has 0 saturated carbocycles. The summed E-state index contributed by atoms with van der Waals surface area (Å²) in [7, 11) is 0. The fourth-order valence-corrected chi connectivity index (χ4v) is 0. The summed E-state index contributed by atoms with van der Waals surface area (Å²) in [6, 6.07) is 0. The minimum Gasteiger partial charge on any atom is -0.328 e. The Kier molecular flexibility index (Phi) is 6.79. The van der Waals surface area contributed by atoms with Crippen LogP contribution in [-0.4, -0.2) is 30.1 Å². The van der Waals surface area contributed by atoms with Crippen molar-refractivity contribution < 1.29 is 10.3 Å². The van der Waals surface area contributed by atoms with E-state index in [1.807, 2.05) is 0 Å².